The minimum absolute atomic E-state index is 0.0862. The third-order valence-electron chi connectivity index (χ3n) is 4.42. The van der Waals surface area contributed by atoms with E-state index >= 15 is 0 Å². The van der Waals surface area contributed by atoms with Crippen molar-refractivity contribution < 1.29 is 9.18 Å². The maximum atomic E-state index is 13.7. The molecular formula is C20H17Cl3FN3O2. The Bertz CT molecular complexity index is 1150. The van der Waals surface area contributed by atoms with Crippen LogP contribution in [-0.4, -0.2) is 22.0 Å². The highest BCUT2D eigenvalue weighted by molar-refractivity contribution is 6.38. The summed E-state index contributed by atoms with van der Waals surface area (Å²) in [6.45, 7) is 3.61. The minimum atomic E-state index is -0.571. The Morgan fingerprint density at radius 3 is 2.45 bits per heavy atom. The third-order valence-corrected chi connectivity index (χ3v) is 5.27. The molecule has 0 spiro atoms. The molecule has 9 heteroatoms. The van der Waals surface area contributed by atoms with Gasteiger partial charge in [0.25, 0.3) is 0 Å². The zero-order valence-electron chi connectivity index (χ0n) is 15.7. The summed E-state index contributed by atoms with van der Waals surface area (Å²) in [5, 5.41) is 3.46. The summed E-state index contributed by atoms with van der Waals surface area (Å²) < 4.78 is 15.3. The molecule has 29 heavy (non-hydrogen) atoms. The van der Waals surface area contributed by atoms with E-state index in [9.17, 15) is 14.0 Å². The van der Waals surface area contributed by atoms with Crippen molar-refractivity contribution in [1.82, 2.24) is 14.9 Å². The lowest BCUT2D eigenvalue weighted by molar-refractivity contribution is -0.118. The van der Waals surface area contributed by atoms with Crippen molar-refractivity contribution in [3.8, 4) is 5.69 Å². The molecule has 152 valence electrons. The van der Waals surface area contributed by atoms with Gasteiger partial charge in [-0.25, -0.2) is 4.39 Å². The lowest BCUT2D eigenvalue weighted by Crippen LogP contribution is -2.21. The van der Waals surface area contributed by atoms with Gasteiger partial charge in [-0.15, -0.1) is 0 Å². The van der Waals surface area contributed by atoms with Crippen molar-refractivity contribution in [2.24, 2.45) is 0 Å². The van der Waals surface area contributed by atoms with E-state index in [2.05, 4.69) is 10.3 Å². The van der Waals surface area contributed by atoms with Crippen LogP contribution in [0.15, 0.2) is 29.2 Å². The number of aromatic nitrogens is 2. The number of pyridine rings is 2. The van der Waals surface area contributed by atoms with E-state index < -0.39 is 5.82 Å². The fourth-order valence-corrected chi connectivity index (χ4v) is 4.10. The van der Waals surface area contributed by atoms with Gasteiger partial charge >= 0.3 is 0 Å². The number of fused-ring (bicyclic) bond motifs is 1. The maximum Gasteiger partial charge on any atom is 0.216 e. The molecule has 0 aliphatic rings. The van der Waals surface area contributed by atoms with E-state index in [0.29, 0.717) is 47.4 Å². The fourth-order valence-electron chi connectivity index (χ4n) is 3.24. The zero-order valence-corrected chi connectivity index (χ0v) is 17.9. The number of nitrogens with one attached hydrogen (secondary N) is 1. The first-order valence-corrected chi connectivity index (χ1v) is 9.93. The molecule has 1 amide bonds. The molecule has 3 rings (SSSR count). The van der Waals surface area contributed by atoms with Gasteiger partial charge in [-0.05, 0) is 31.9 Å². The van der Waals surface area contributed by atoms with Gasteiger partial charge in [-0.2, -0.15) is 0 Å². The highest BCUT2D eigenvalue weighted by Gasteiger charge is 2.20. The second-order valence-corrected chi connectivity index (χ2v) is 7.79. The van der Waals surface area contributed by atoms with Crippen LogP contribution in [0, 0.1) is 12.7 Å². The number of rotatable bonds is 5. The van der Waals surface area contributed by atoms with E-state index in [1.165, 1.54) is 19.2 Å². The van der Waals surface area contributed by atoms with Crippen molar-refractivity contribution in [2.45, 2.75) is 26.7 Å². The molecule has 0 saturated carbocycles. The van der Waals surface area contributed by atoms with Gasteiger partial charge in [0.2, 0.25) is 5.91 Å². The van der Waals surface area contributed by atoms with E-state index in [4.69, 9.17) is 34.8 Å². The van der Waals surface area contributed by atoms with Crippen molar-refractivity contribution in [3.63, 3.8) is 0 Å². The van der Waals surface area contributed by atoms with Crippen LogP contribution in [0.4, 0.5) is 4.39 Å². The quantitative estimate of drug-likeness (QED) is 0.558. The third kappa shape index (κ3) is 4.39. The van der Waals surface area contributed by atoms with Gasteiger partial charge in [-0.1, -0.05) is 34.8 Å². The molecule has 0 aliphatic heterocycles. The summed E-state index contributed by atoms with van der Waals surface area (Å²) in [5.41, 5.74) is 1.57. The Labute approximate surface area is 181 Å². The molecule has 0 fully saturated rings. The van der Waals surface area contributed by atoms with Crippen molar-refractivity contribution in [1.29, 1.82) is 0 Å². The molecular weight excluding hydrogens is 440 g/mol. The fraction of sp³-hybridized carbons (Fsp3) is 0.250. The number of nitrogens with zero attached hydrogens (tertiary/aromatic N) is 2. The van der Waals surface area contributed by atoms with Gasteiger partial charge < -0.3 is 9.88 Å². The smallest absolute Gasteiger partial charge is 0.216 e. The van der Waals surface area contributed by atoms with Gasteiger partial charge in [0, 0.05) is 31.4 Å². The van der Waals surface area contributed by atoms with Gasteiger partial charge in [0.1, 0.15) is 5.82 Å². The second-order valence-electron chi connectivity index (χ2n) is 6.57. The van der Waals surface area contributed by atoms with E-state index in [0.717, 1.165) is 12.1 Å². The second kappa shape index (κ2) is 8.69. The number of amides is 1. The van der Waals surface area contributed by atoms with Gasteiger partial charge in [0.05, 0.1) is 37.4 Å². The normalized spacial score (nSPS) is 11.1. The number of hydrogen-bond acceptors (Lipinski definition) is 3. The summed E-state index contributed by atoms with van der Waals surface area (Å²) in [6, 6.07) is 3.73. The van der Waals surface area contributed by atoms with E-state index in [1.807, 2.05) is 0 Å². The topological polar surface area (TPSA) is 64.0 Å². The Hall–Kier alpha value is -2.15. The van der Waals surface area contributed by atoms with Crippen LogP contribution in [0.25, 0.3) is 16.6 Å². The van der Waals surface area contributed by atoms with Crippen LogP contribution >= 0.6 is 34.8 Å². The first-order valence-electron chi connectivity index (χ1n) is 8.79. The van der Waals surface area contributed by atoms with Crippen molar-refractivity contribution in [2.75, 3.05) is 6.54 Å². The molecule has 0 radical (unpaired) electrons. The minimum Gasteiger partial charge on any atom is -0.356 e. The lowest BCUT2D eigenvalue weighted by atomic mass is 10.1. The summed E-state index contributed by atoms with van der Waals surface area (Å²) in [7, 11) is 0. The van der Waals surface area contributed by atoms with Crippen LogP contribution in [0.3, 0.4) is 0 Å². The molecule has 0 atom stereocenters. The number of carbonyl (C=O) groups excluding carboxylic acids is 1. The highest BCUT2D eigenvalue weighted by atomic mass is 35.5. The monoisotopic (exact) mass is 455 g/mol. The van der Waals surface area contributed by atoms with Crippen LogP contribution in [-0.2, 0) is 11.2 Å². The Morgan fingerprint density at radius 1 is 1.17 bits per heavy atom. The number of carbonyl (C=O) groups is 1. The number of aryl methyl sites for hydroxylation is 2. The molecule has 0 saturated heterocycles. The lowest BCUT2D eigenvalue weighted by Gasteiger charge is -2.19. The SMILES string of the molecule is CC(=O)NCCCc1ncc(Cl)c2c1c(=O)cc(C)n2-c1c(Cl)cc(F)cc1Cl. The standard InChI is InChI=1S/C20H17Cl3FN3O2/c1-10-6-17(29)18-16(4-3-5-25-11(2)28)26-9-15(23)20(18)27(10)19-13(21)7-12(24)8-14(19)22/h6-9H,3-5H2,1-2H3,(H,25,28). The van der Waals surface area contributed by atoms with Crippen molar-refractivity contribution in [3.05, 3.63) is 66.9 Å². The maximum absolute atomic E-state index is 13.7. The Morgan fingerprint density at radius 2 is 1.83 bits per heavy atom. The summed E-state index contributed by atoms with van der Waals surface area (Å²) in [6.07, 6.45) is 2.50. The van der Waals surface area contributed by atoms with Crippen LogP contribution in [0.5, 0.6) is 0 Å². The molecule has 0 unspecified atom stereocenters. The van der Waals surface area contributed by atoms with Gasteiger partial charge in [0.15, 0.2) is 5.43 Å². The number of halogens is 4. The van der Waals surface area contributed by atoms with Crippen molar-refractivity contribution >= 4 is 51.6 Å². The van der Waals surface area contributed by atoms with Gasteiger partial charge in [-0.3, -0.25) is 14.6 Å². The average molecular weight is 457 g/mol. The predicted octanol–water partition coefficient (Wildman–Crippen LogP) is 4.86. The largest absolute Gasteiger partial charge is 0.356 e. The van der Waals surface area contributed by atoms with E-state index in [1.54, 1.807) is 11.5 Å². The molecule has 1 N–H and O–H groups in total. The Kier molecular flexibility index (Phi) is 6.46. The van der Waals surface area contributed by atoms with Crippen LogP contribution in [0.1, 0.15) is 24.7 Å². The number of hydrogen-bond donors (Lipinski definition) is 1. The van der Waals surface area contributed by atoms with E-state index in [-0.39, 0.29) is 26.4 Å². The number of benzene rings is 1. The molecule has 2 heterocycles. The molecule has 0 bridgehead atoms. The Balaban J connectivity index is 2.24. The average Bonchev–Trinajstić information content (AvgIpc) is 2.61. The first-order chi connectivity index (χ1) is 13.7. The molecule has 1 aromatic carbocycles. The molecule has 0 aliphatic carbocycles. The summed E-state index contributed by atoms with van der Waals surface area (Å²) in [4.78, 5) is 28.2. The molecule has 2 aromatic heterocycles. The van der Waals surface area contributed by atoms with Crippen LogP contribution in [0.2, 0.25) is 15.1 Å². The predicted molar refractivity (Wildman–Crippen MR) is 114 cm³/mol. The summed E-state index contributed by atoms with van der Waals surface area (Å²) in [5.74, 6) is -0.698. The van der Waals surface area contributed by atoms with Crippen LogP contribution < -0.4 is 10.7 Å². The first kappa shape index (κ1) is 21.6. The highest BCUT2D eigenvalue weighted by Crippen LogP contribution is 2.35. The molecule has 3 aromatic rings. The summed E-state index contributed by atoms with van der Waals surface area (Å²) >= 11 is 19.0. The molecule has 5 nitrogen and oxygen atoms in total. The zero-order chi connectivity index (χ0) is 21.3.